The molecule has 1 heterocycles. The Hall–Kier alpha value is -2.01. The average Bonchev–Trinajstić information content (AvgIpc) is 3.15. The van der Waals surface area contributed by atoms with E-state index in [0.717, 1.165) is 37.7 Å². The van der Waals surface area contributed by atoms with Crippen LogP contribution in [-0.4, -0.2) is 23.1 Å². The molecule has 1 fully saturated rings. The number of hydrogen-bond donors (Lipinski definition) is 1. The van der Waals surface area contributed by atoms with Crippen molar-refractivity contribution in [1.29, 1.82) is 0 Å². The van der Waals surface area contributed by atoms with E-state index in [1.807, 2.05) is 37.3 Å². The summed E-state index contributed by atoms with van der Waals surface area (Å²) in [6.45, 7) is 7.60. The summed E-state index contributed by atoms with van der Waals surface area (Å²) in [7, 11) is 0. The highest BCUT2D eigenvalue weighted by Gasteiger charge is 2.35. The van der Waals surface area contributed by atoms with Crippen LogP contribution in [0.2, 0.25) is 0 Å². The van der Waals surface area contributed by atoms with Crippen LogP contribution in [0.3, 0.4) is 0 Å². The van der Waals surface area contributed by atoms with Gasteiger partial charge in [-0.3, -0.25) is 4.79 Å². The molecule has 0 bridgehead atoms. The zero-order chi connectivity index (χ0) is 24.5. The Balaban J connectivity index is 0.000000264. The Morgan fingerprint density at radius 3 is 2.55 bits per heavy atom. The van der Waals surface area contributed by atoms with Crippen LogP contribution in [0.4, 0.5) is 8.78 Å². The zero-order valence-corrected chi connectivity index (χ0v) is 20.4. The van der Waals surface area contributed by atoms with Gasteiger partial charge in [-0.1, -0.05) is 68.8 Å². The lowest BCUT2D eigenvalue weighted by Gasteiger charge is -2.22. The fourth-order valence-corrected chi connectivity index (χ4v) is 4.05. The van der Waals surface area contributed by atoms with Crippen molar-refractivity contribution in [3.63, 3.8) is 0 Å². The summed E-state index contributed by atoms with van der Waals surface area (Å²) < 4.78 is 30.6. The number of hydrogen-bond acceptors (Lipinski definition) is 3. The maximum absolute atomic E-state index is 12.5. The highest BCUT2D eigenvalue weighted by atomic mass is 19.3. The van der Waals surface area contributed by atoms with Crippen LogP contribution in [-0.2, 0) is 16.1 Å². The second-order valence-corrected chi connectivity index (χ2v) is 8.94. The first-order chi connectivity index (χ1) is 15.8. The van der Waals surface area contributed by atoms with E-state index in [1.54, 1.807) is 0 Å². The summed E-state index contributed by atoms with van der Waals surface area (Å²) >= 11 is 0. The first kappa shape index (κ1) is 29.0. The number of aliphatic hydroxyl groups excluding tert-OH is 1. The highest BCUT2D eigenvalue weighted by Crippen LogP contribution is 2.37. The first-order valence-corrected chi connectivity index (χ1v) is 12.3. The average molecular weight is 465 g/mol. The smallest absolute Gasteiger partial charge is 0.306 e. The monoisotopic (exact) mass is 464 g/mol. The number of carbonyl (C=O) groups excluding carboxylic acids is 1. The Bertz CT molecular complexity index is 688. The number of alkyl halides is 2. The normalized spacial score (nSPS) is 23.5. The van der Waals surface area contributed by atoms with Gasteiger partial charge < -0.3 is 9.84 Å². The lowest BCUT2D eigenvalue weighted by Crippen LogP contribution is -2.24. The third kappa shape index (κ3) is 12.7. The van der Waals surface area contributed by atoms with E-state index in [2.05, 4.69) is 25.7 Å². The summed E-state index contributed by atoms with van der Waals surface area (Å²) in [5.74, 6) is -1.25. The van der Waals surface area contributed by atoms with E-state index in [4.69, 9.17) is 9.84 Å². The molecule has 1 aromatic carbocycles. The van der Waals surface area contributed by atoms with Crippen LogP contribution in [0.15, 0.2) is 55.1 Å². The molecule has 0 spiro atoms. The van der Waals surface area contributed by atoms with Crippen molar-refractivity contribution in [3.05, 3.63) is 60.7 Å². The van der Waals surface area contributed by atoms with Crippen LogP contribution in [0.1, 0.15) is 83.6 Å². The van der Waals surface area contributed by atoms with Crippen molar-refractivity contribution in [3.8, 4) is 0 Å². The molecule has 186 valence electrons. The predicted molar refractivity (Wildman–Crippen MR) is 131 cm³/mol. The number of halogens is 2. The molecule has 2 aliphatic rings. The van der Waals surface area contributed by atoms with Crippen LogP contribution in [0.25, 0.3) is 0 Å². The summed E-state index contributed by atoms with van der Waals surface area (Å²) in [4.78, 5) is 11.5. The molecule has 0 saturated heterocycles. The Morgan fingerprint density at radius 1 is 1.21 bits per heavy atom. The molecule has 3 nitrogen and oxygen atoms in total. The third-order valence-corrected chi connectivity index (χ3v) is 6.09. The molecule has 3 rings (SSSR count). The quantitative estimate of drug-likeness (QED) is 0.347. The number of aliphatic hydroxyl groups is 1. The van der Waals surface area contributed by atoms with E-state index in [1.165, 1.54) is 12.5 Å². The Morgan fingerprint density at radius 2 is 1.94 bits per heavy atom. The Kier molecular flexibility index (Phi) is 14.6. The zero-order valence-electron chi connectivity index (χ0n) is 20.4. The second kappa shape index (κ2) is 16.6. The topological polar surface area (TPSA) is 46.5 Å². The maximum Gasteiger partial charge on any atom is 0.306 e. The number of benzene rings is 1. The second-order valence-electron chi connectivity index (χ2n) is 8.94. The molecule has 1 N–H and O–H groups in total. The van der Waals surface area contributed by atoms with E-state index in [9.17, 15) is 13.6 Å². The molecule has 33 heavy (non-hydrogen) atoms. The number of ether oxygens (including phenoxy) is 1. The van der Waals surface area contributed by atoms with E-state index < -0.39 is 5.92 Å². The molecule has 0 radical (unpaired) electrons. The standard InChI is InChI=1S/C13H20O2.C8H14F2.C7H8O/c1-10-8-9-12-11(10)6-4-2-3-5-7-13(14)15-12;1-3-5-7-8(9,10)6-4-2;8-6-7-4-2-1-3-5-7/h2,4,10-12H,3,5-9H2,1H3;4H,2-3,5-7H2,1H3;1-5,8H,6H2/b4-2-;;. The molecule has 3 atom stereocenters. The molecule has 0 amide bonds. The number of esters is 1. The van der Waals surface area contributed by atoms with Crippen LogP contribution < -0.4 is 0 Å². The highest BCUT2D eigenvalue weighted by molar-refractivity contribution is 5.69. The van der Waals surface area contributed by atoms with Gasteiger partial charge in [0.2, 0.25) is 0 Å². The van der Waals surface area contributed by atoms with Crippen molar-refractivity contribution in [1.82, 2.24) is 0 Å². The van der Waals surface area contributed by atoms with Gasteiger partial charge in [-0.2, -0.15) is 0 Å². The SMILES string of the molecule is C=CCC(F)(F)CCCC.CC1CCC2OC(=O)CCC/C=C\CC12.OCc1ccccc1. The number of carbonyl (C=O) groups is 1. The minimum absolute atomic E-state index is 0.00444. The maximum atomic E-state index is 12.5. The number of unbranched alkanes of at least 4 members (excludes halogenated alkanes) is 1. The van der Waals surface area contributed by atoms with Gasteiger partial charge in [-0.25, -0.2) is 8.78 Å². The molecule has 1 aliphatic heterocycles. The third-order valence-electron chi connectivity index (χ3n) is 6.09. The van der Waals surface area contributed by atoms with E-state index >= 15 is 0 Å². The first-order valence-electron chi connectivity index (χ1n) is 12.3. The van der Waals surface area contributed by atoms with Crippen molar-refractivity contribution in [2.75, 3.05) is 0 Å². The van der Waals surface area contributed by atoms with E-state index in [-0.39, 0.29) is 31.5 Å². The lowest BCUT2D eigenvalue weighted by molar-refractivity contribution is -0.151. The van der Waals surface area contributed by atoms with Crippen molar-refractivity contribution < 1.29 is 23.4 Å². The van der Waals surface area contributed by atoms with Gasteiger partial charge >= 0.3 is 5.97 Å². The summed E-state index contributed by atoms with van der Waals surface area (Å²) in [5.41, 5.74) is 0.965. The molecule has 1 saturated carbocycles. The van der Waals surface area contributed by atoms with Gasteiger partial charge in [-0.15, -0.1) is 6.58 Å². The van der Waals surface area contributed by atoms with Crippen LogP contribution in [0.5, 0.6) is 0 Å². The fourth-order valence-electron chi connectivity index (χ4n) is 4.05. The number of rotatable bonds is 6. The van der Waals surface area contributed by atoms with E-state index in [0.29, 0.717) is 24.7 Å². The fraction of sp³-hybridized carbons (Fsp3) is 0.607. The molecular formula is C28H42F2O3. The van der Waals surface area contributed by atoms with Gasteiger partial charge in [0.15, 0.2) is 0 Å². The number of fused-ring (bicyclic) bond motifs is 1. The summed E-state index contributed by atoms with van der Waals surface area (Å²) in [6.07, 6.45) is 13.1. The van der Waals surface area contributed by atoms with Crippen molar-refractivity contribution in [2.45, 2.75) is 96.7 Å². The molecule has 1 aliphatic carbocycles. The molecule has 3 unspecified atom stereocenters. The predicted octanol–water partition coefficient (Wildman–Crippen LogP) is 7.64. The largest absolute Gasteiger partial charge is 0.462 e. The van der Waals surface area contributed by atoms with Crippen LogP contribution in [0, 0.1) is 11.8 Å². The number of allylic oxidation sites excluding steroid dienone is 3. The molecular weight excluding hydrogens is 422 g/mol. The van der Waals surface area contributed by atoms with Crippen molar-refractivity contribution in [2.24, 2.45) is 11.8 Å². The lowest BCUT2D eigenvalue weighted by atomic mass is 9.92. The van der Waals surface area contributed by atoms with Crippen molar-refractivity contribution >= 4 is 5.97 Å². The Labute approximate surface area is 198 Å². The van der Waals surface area contributed by atoms with Gasteiger partial charge in [0.05, 0.1) is 6.61 Å². The van der Waals surface area contributed by atoms with Gasteiger partial charge in [0.25, 0.3) is 5.92 Å². The minimum atomic E-state index is -2.52. The molecule has 0 aromatic heterocycles. The molecule has 5 heteroatoms. The van der Waals surface area contributed by atoms with Crippen LogP contribution >= 0.6 is 0 Å². The summed E-state index contributed by atoms with van der Waals surface area (Å²) in [6, 6.07) is 9.52. The van der Waals surface area contributed by atoms with Gasteiger partial charge in [0, 0.05) is 25.2 Å². The minimum Gasteiger partial charge on any atom is -0.462 e. The summed E-state index contributed by atoms with van der Waals surface area (Å²) in [5, 5.41) is 8.54. The van der Waals surface area contributed by atoms with Gasteiger partial charge in [-0.05, 0) is 50.0 Å². The molecule has 1 aromatic rings. The van der Waals surface area contributed by atoms with Gasteiger partial charge in [0.1, 0.15) is 6.10 Å².